The molecule has 3 nitrogen and oxygen atoms in total. The maximum atomic E-state index is 12.4. The topological polar surface area (TPSA) is 35.0 Å². The van der Waals surface area contributed by atoms with Gasteiger partial charge in [-0.15, -0.1) is 0 Å². The predicted octanol–water partition coefficient (Wildman–Crippen LogP) is 2.63. The van der Waals surface area contributed by atoms with Crippen molar-refractivity contribution in [2.24, 2.45) is 0 Å². The van der Waals surface area contributed by atoms with E-state index in [0.717, 1.165) is 6.07 Å². The SMILES string of the molecule is COc1cc(C(F)(F)F)nc(C(C)C)n1. The molecule has 0 spiro atoms. The van der Waals surface area contributed by atoms with E-state index in [4.69, 9.17) is 0 Å². The van der Waals surface area contributed by atoms with Crippen LogP contribution in [-0.2, 0) is 6.18 Å². The van der Waals surface area contributed by atoms with Crippen LogP contribution in [0.3, 0.4) is 0 Å². The zero-order valence-corrected chi connectivity index (χ0v) is 8.59. The first-order valence-electron chi connectivity index (χ1n) is 4.34. The van der Waals surface area contributed by atoms with Crippen LogP contribution in [0.15, 0.2) is 6.07 Å². The number of alkyl halides is 3. The fraction of sp³-hybridized carbons (Fsp3) is 0.556. The Morgan fingerprint density at radius 1 is 1.27 bits per heavy atom. The summed E-state index contributed by atoms with van der Waals surface area (Å²) in [5, 5.41) is 0. The number of hydrogen-bond acceptors (Lipinski definition) is 3. The summed E-state index contributed by atoms with van der Waals surface area (Å²) in [5.74, 6) is -0.121. The van der Waals surface area contributed by atoms with Crippen LogP contribution in [0.2, 0.25) is 0 Å². The van der Waals surface area contributed by atoms with Crippen LogP contribution in [-0.4, -0.2) is 17.1 Å². The molecule has 1 aromatic rings. The lowest BCUT2D eigenvalue weighted by molar-refractivity contribution is -0.141. The van der Waals surface area contributed by atoms with Gasteiger partial charge in [0.05, 0.1) is 7.11 Å². The van der Waals surface area contributed by atoms with E-state index in [-0.39, 0.29) is 17.6 Å². The molecule has 0 aliphatic carbocycles. The Bertz CT molecular complexity index is 350. The lowest BCUT2D eigenvalue weighted by Gasteiger charge is -2.11. The van der Waals surface area contributed by atoms with Crippen LogP contribution in [0.4, 0.5) is 13.2 Å². The second kappa shape index (κ2) is 4.04. The number of hydrogen-bond donors (Lipinski definition) is 0. The van der Waals surface area contributed by atoms with Gasteiger partial charge in [-0.1, -0.05) is 13.8 Å². The molecule has 84 valence electrons. The van der Waals surface area contributed by atoms with Crippen LogP contribution in [0.25, 0.3) is 0 Å². The summed E-state index contributed by atoms with van der Waals surface area (Å²) >= 11 is 0. The first kappa shape index (κ1) is 11.7. The quantitative estimate of drug-likeness (QED) is 0.768. The van der Waals surface area contributed by atoms with Crippen molar-refractivity contribution in [3.05, 3.63) is 17.6 Å². The number of halogens is 3. The largest absolute Gasteiger partial charge is 0.481 e. The Labute approximate surface area is 85.3 Å². The Morgan fingerprint density at radius 2 is 1.87 bits per heavy atom. The molecule has 1 aromatic heterocycles. The van der Waals surface area contributed by atoms with Crippen molar-refractivity contribution in [1.29, 1.82) is 0 Å². The third-order valence-electron chi connectivity index (χ3n) is 1.74. The highest BCUT2D eigenvalue weighted by molar-refractivity contribution is 5.19. The molecule has 0 bridgehead atoms. The summed E-state index contributed by atoms with van der Waals surface area (Å²) in [6, 6.07) is 0.784. The number of nitrogens with zero attached hydrogens (tertiary/aromatic N) is 2. The zero-order chi connectivity index (χ0) is 11.6. The van der Waals surface area contributed by atoms with E-state index in [0.29, 0.717) is 0 Å². The molecule has 0 fully saturated rings. The van der Waals surface area contributed by atoms with E-state index in [9.17, 15) is 13.2 Å². The van der Waals surface area contributed by atoms with Crippen LogP contribution in [0.1, 0.15) is 31.3 Å². The van der Waals surface area contributed by atoms with Gasteiger partial charge in [-0.3, -0.25) is 0 Å². The summed E-state index contributed by atoms with van der Waals surface area (Å²) in [4.78, 5) is 7.27. The van der Waals surface area contributed by atoms with Gasteiger partial charge in [-0.05, 0) is 0 Å². The molecule has 0 atom stereocenters. The van der Waals surface area contributed by atoms with Crippen molar-refractivity contribution in [3.8, 4) is 5.88 Å². The van der Waals surface area contributed by atoms with E-state index < -0.39 is 11.9 Å². The van der Waals surface area contributed by atoms with Crippen LogP contribution in [0, 0.1) is 0 Å². The maximum absolute atomic E-state index is 12.4. The van der Waals surface area contributed by atoms with Crippen LogP contribution < -0.4 is 4.74 Å². The monoisotopic (exact) mass is 220 g/mol. The molecule has 0 saturated carbocycles. The van der Waals surface area contributed by atoms with Crippen molar-refractivity contribution in [1.82, 2.24) is 9.97 Å². The Hall–Kier alpha value is -1.33. The molecular weight excluding hydrogens is 209 g/mol. The molecule has 0 aliphatic rings. The summed E-state index contributed by atoms with van der Waals surface area (Å²) in [5.41, 5.74) is -0.974. The molecule has 0 unspecified atom stereocenters. The lowest BCUT2D eigenvalue weighted by Crippen LogP contribution is -2.12. The van der Waals surface area contributed by atoms with E-state index in [2.05, 4.69) is 14.7 Å². The fourth-order valence-electron chi connectivity index (χ4n) is 0.951. The molecular formula is C9H11F3N2O. The molecule has 15 heavy (non-hydrogen) atoms. The van der Waals surface area contributed by atoms with Gasteiger partial charge in [-0.2, -0.15) is 18.2 Å². The fourth-order valence-corrected chi connectivity index (χ4v) is 0.951. The predicted molar refractivity (Wildman–Crippen MR) is 47.7 cm³/mol. The molecule has 0 N–H and O–H groups in total. The molecule has 0 saturated heterocycles. The van der Waals surface area contributed by atoms with Gasteiger partial charge in [0.15, 0.2) is 5.69 Å². The van der Waals surface area contributed by atoms with E-state index in [1.165, 1.54) is 7.11 Å². The molecule has 1 heterocycles. The average molecular weight is 220 g/mol. The number of aromatic nitrogens is 2. The van der Waals surface area contributed by atoms with Gasteiger partial charge in [0, 0.05) is 12.0 Å². The van der Waals surface area contributed by atoms with Crippen molar-refractivity contribution < 1.29 is 17.9 Å². The third-order valence-corrected chi connectivity index (χ3v) is 1.74. The van der Waals surface area contributed by atoms with E-state index in [1.807, 2.05) is 0 Å². The highest BCUT2D eigenvalue weighted by atomic mass is 19.4. The summed E-state index contributed by atoms with van der Waals surface area (Å²) < 4.78 is 41.9. The normalized spacial score (nSPS) is 11.9. The standard InChI is InChI=1S/C9H11F3N2O/c1-5(2)8-13-6(9(10,11)12)4-7(14-8)15-3/h4-5H,1-3H3. The molecule has 0 amide bonds. The van der Waals surface area contributed by atoms with Crippen molar-refractivity contribution in [3.63, 3.8) is 0 Å². The molecule has 0 aromatic carbocycles. The van der Waals surface area contributed by atoms with E-state index >= 15 is 0 Å². The van der Waals surface area contributed by atoms with Crippen LogP contribution in [0.5, 0.6) is 5.88 Å². The second-order valence-electron chi connectivity index (χ2n) is 3.31. The first-order valence-corrected chi connectivity index (χ1v) is 4.34. The van der Waals surface area contributed by atoms with Gasteiger partial charge >= 0.3 is 6.18 Å². The Kier molecular flexibility index (Phi) is 3.16. The van der Waals surface area contributed by atoms with Crippen molar-refractivity contribution >= 4 is 0 Å². The highest BCUT2D eigenvalue weighted by Gasteiger charge is 2.34. The lowest BCUT2D eigenvalue weighted by atomic mass is 10.2. The molecule has 0 radical (unpaired) electrons. The summed E-state index contributed by atoms with van der Waals surface area (Å²) in [6.45, 7) is 3.43. The van der Waals surface area contributed by atoms with Gasteiger partial charge in [0.25, 0.3) is 0 Å². The molecule has 0 aliphatic heterocycles. The number of ether oxygens (including phenoxy) is 1. The van der Waals surface area contributed by atoms with Crippen LogP contribution >= 0.6 is 0 Å². The third kappa shape index (κ3) is 2.81. The van der Waals surface area contributed by atoms with Gasteiger partial charge < -0.3 is 4.74 Å². The summed E-state index contributed by atoms with van der Waals surface area (Å²) in [6.07, 6.45) is -4.47. The van der Waals surface area contributed by atoms with Crippen molar-refractivity contribution in [2.45, 2.75) is 25.9 Å². The summed E-state index contributed by atoms with van der Waals surface area (Å²) in [7, 11) is 1.27. The number of rotatable bonds is 2. The minimum absolute atomic E-state index is 0.0685. The maximum Gasteiger partial charge on any atom is 0.433 e. The first-order chi connectivity index (χ1) is 6.84. The van der Waals surface area contributed by atoms with Crippen molar-refractivity contribution in [2.75, 3.05) is 7.11 Å². The minimum atomic E-state index is -4.47. The Morgan fingerprint density at radius 3 is 2.27 bits per heavy atom. The second-order valence-corrected chi connectivity index (χ2v) is 3.31. The highest BCUT2D eigenvalue weighted by Crippen LogP contribution is 2.30. The van der Waals surface area contributed by atoms with Gasteiger partial charge in [0.1, 0.15) is 5.82 Å². The van der Waals surface area contributed by atoms with E-state index in [1.54, 1.807) is 13.8 Å². The van der Waals surface area contributed by atoms with Gasteiger partial charge in [0.2, 0.25) is 5.88 Å². The Balaban J connectivity index is 3.23. The minimum Gasteiger partial charge on any atom is -0.481 e. The smallest absolute Gasteiger partial charge is 0.433 e. The molecule has 1 rings (SSSR count). The van der Waals surface area contributed by atoms with Gasteiger partial charge in [-0.25, -0.2) is 4.98 Å². The zero-order valence-electron chi connectivity index (χ0n) is 8.59. The number of methoxy groups -OCH3 is 1. The average Bonchev–Trinajstić information content (AvgIpc) is 2.15. The molecule has 6 heteroatoms.